The summed E-state index contributed by atoms with van der Waals surface area (Å²) in [5.41, 5.74) is 1.64. The Kier molecular flexibility index (Phi) is 5.08. The Balaban J connectivity index is 1.81. The normalized spacial score (nSPS) is 12.1. The van der Waals surface area contributed by atoms with E-state index in [9.17, 15) is 9.90 Å². The Labute approximate surface area is 144 Å². The van der Waals surface area contributed by atoms with Gasteiger partial charge in [0.25, 0.3) is 5.91 Å². The van der Waals surface area contributed by atoms with Crippen LogP contribution in [0, 0.1) is 6.92 Å². The van der Waals surface area contributed by atoms with Crippen molar-refractivity contribution in [3.8, 4) is 0 Å². The number of aromatic nitrogens is 1. The van der Waals surface area contributed by atoms with Crippen LogP contribution in [-0.4, -0.2) is 27.6 Å². The van der Waals surface area contributed by atoms with E-state index in [0.717, 1.165) is 10.4 Å². The minimum Gasteiger partial charge on any atom is -0.386 e. The van der Waals surface area contributed by atoms with Crippen molar-refractivity contribution in [2.24, 2.45) is 0 Å². The second-order valence-electron chi connectivity index (χ2n) is 5.54. The van der Waals surface area contributed by atoms with Crippen LogP contribution in [-0.2, 0) is 6.54 Å². The predicted molar refractivity (Wildman–Crippen MR) is 91.7 cm³/mol. The molecule has 3 rings (SSSR count). The number of hydrogen-bond donors (Lipinski definition) is 1. The molecule has 3 aromatic rings. The third-order valence-electron chi connectivity index (χ3n) is 3.61. The summed E-state index contributed by atoms with van der Waals surface area (Å²) in [5, 5.41) is 16.1. The average Bonchev–Trinajstić information content (AvgIpc) is 3.26. The third-order valence-corrected chi connectivity index (χ3v) is 4.58. The molecule has 5 nitrogen and oxygen atoms in total. The Bertz CT molecular complexity index is 784. The van der Waals surface area contributed by atoms with Gasteiger partial charge in [0.15, 0.2) is 0 Å². The number of hydrogen-bond acceptors (Lipinski definition) is 5. The van der Waals surface area contributed by atoms with E-state index >= 15 is 0 Å². The average molecular weight is 342 g/mol. The summed E-state index contributed by atoms with van der Waals surface area (Å²) >= 11 is 1.47. The van der Waals surface area contributed by atoms with Crippen LogP contribution in [0.2, 0.25) is 0 Å². The molecule has 1 atom stereocenters. The van der Waals surface area contributed by atoms with Crippen molar-refractivity contribution in [2.45, 2.75) is 19.6 Å². The van der Waals surface area contributed by atoms with E-state index in [1.165, 1.54) is 11.3 Å². The van der Waals surface area contributed by atoms with E-state index < -0.39 is 6.10 Å². The van der Waals surface area contributed by atoms with E-state index in [1.807, 2.05) is 47.8 Å². The van der Waals surface area contributed by atoms with Crippen LogP contribution in [0.25, 0.3) is 0 Å². The lowest BCUT2D eigenvalue weighted by atomic mass is 10.2. The van der Waals surface area contributed by atoms with Gasteiger partial charge in [0.05, 0.1) is 12.2 Å². The highest BCUT2D eigenvalue weighted by molar-refractivity contribution is 7.10. The zero-order valence-corrected chi connectivity index (χ0v) is 14.1. The molecule has 0 fully saturated rings. The Morgan fingerprint density at radius 1 is 1.29 bits per heavy atom. The lowest BCUT2D eigenvalue weighted by molar-refractivity contribution is 0.0570. The molecule has 0 radical (unpaired) electrons. The minimum atomic E-state index is -0.735. The predicted octanol–water partition coefficient (Wildman–Crippen LogP) is 3.42. The topological polar surface area (TPSA) is 66.6 Å². The van der Waals surface area contributed by atoms with Crippen molar-refractivity contribution in [3.63, 3.8) is 0 Å². The van der Waals surface area contributed by atoms with Gasteiger partial charge in [-0.15, -0.1) is 11.3 Å². The van der Waals surface area contributed by atoms with E-state index in [-0.39, 0.29) is 18.2 Å². The first-order valence-corrected chi connectivity index (χ1v) is 8.49. The zero-order chi connectivity index (χ0) is 16.9. The van der Waals surface area contributed by atoms with E-state index in [0.29, 0.717) is 12.2 Å². The van der Waals surface area contributed by atoms with Gasteiger partial charge in [-0.05, 0) is 23.9 Å². The van der Waals surface area contributed by atoms with Gasteiger partial charge in [0.1, 0.15) is 6.10 Å². The summed E-state index contributed by atoms with van der Waals surface area (Å²) < 4.78 is 5.10. The van der Waals surface area contributed by atoms with Crippen LogP contribution in [0.15, 0.2) is 58.4 Å². The molecule has 1 N–H and O–H groups in total. The summed E-state index contributed by atoms with van der Waals surface area (Å²) in [6.45, 7) is 2.35. The number of thiophene rings is 1. The van der Waals surface area contributed by atoms with Gasteiger partial charge >= 0.3 is 0 Å². The fourth-order valence-corrected chi connectivity index (χ4v) is 3.13. The first-order valence-electron chi connectivity index (χ1n) is 7.61. The van der Waals surface area contributed by atoms with E-state index in [2.05, 4.69) is 5.16 Å². The van der Waals surface area contributed by atoms with Gasteiger partial charge in [0, 0.05) is 17.5 Å². The first-order chi connectivity index (χ1) is 11.6. The molecular formula is C18H18N2O3S. The fourth-order valence-electron chi connectivity index (χ4n) is 2.42. The monoisotopic (exact) mass is 342 g/mol. The molecule has 0 saturated heterocycles. The van der Waals surface area contributed by atoms with Gasteiger partial charge in [-0.3, -0.25) is 4.79 Å². The quantitative estimate of drug-likeness (QED) is 0.745. The summed E-state index contributed by atoms with van der Waals surface area (Å²) in [6, 6.07) is 15.0. The molecular weight excluding hydrogens is 324 g/mol. The van der Waals surface area contributed by atoms with Crippen LogP contribution in [0.3, 0.4) is 0 Å². The summed E-state index contributed by atoms with van der Waals surface area (Å²) in [4.78, 5) is 15.2. The molecule has 24 heavy (non-hydrogen) atoms. The molecule has 0 aliphatic carbocycles. The molecule has 6 heteroatoms. The van der Waals surface area contributed by atoms with E-state index in [4.69, 9.17) is 4.52 Å². The molecule has 0 spiro atoms. The lowest BCUT2D eigenvalue weighted by Gasteiger charge is -2.24. The van der Waals surface area contributed by atoms with Crippen molar-refractivity contribution < 1.29 is 14.4 Å². The lowest BCUT2D eigenvalue weighted by Crippen LogP contribution is -2.34. The van der Waals surface area contributed by atoms with Crippen molar-refractivity contribution >= 4 is 17.2 Å². The maximum absolute atomic E-state index is 12.8. The number of carbonyl (C=O) groups is 1. The number of benzene rings is 1. The number of aliphatic hydroxyl groups excluding tert-OH is 1. The molecule has 0 aliphatic rings. The van der Waals surface area contributed by atoms with Crippen LogP contribution < -0.4 is 0 Å². The smallest absolute Gasteiger partial charge is 0.292 e. The zero-order valence-electron chi connectivity index (χ0n) is 13.3. The van der Waals surface area contributed by atoms with Crippen LogP contribution in [0.1, 0.15) is 32.8 Å². The molecule has 2 aromatic heterocycles. The van der Waals surface area contributed by atoms with Crippen molar-refractivity contribution in [2.75, 3.05) is 6.54 Å². The highest BCUT2D eigenvalue weighted by Gasteiger charge is 2.23. The standard InChI is InChI=1S/C18H18N2O3S/c1-13-10-16(23-19-13)18(22)20(11-14-6-3-2-4-7-14)12-15(21)17-8-5-9-24-17/h2-10,15,21H,11-12H2,1H3/t15-/m0/s1. The van der Waals surface area contributed by atoms with Crippen molar-refractivity contribution in [1.82, 2.24) is 10.1 Å². The minimum absolute atomic E-state index is 0.182. The van der Waals surface area contributed by atoms with Gasteiger partial charge in [-0.1, -0.05) is 41.6 Å². The molecule has 0 saturated carbocycles. The van der Waals surface area contributed by atoms with Gasteiger partial charge in [-0.25, -0.2) is 0 Å². The number of rotatable bonds is 6. The number of carbonyl (C=O) groups excluding carboxylic acids is 1. The number of nitrogens with zero attached hydrogens (tertiary/aromatic N) is 2. The second-order valence-corrected chi connectivity index (χ2v) is 6.51. The van der Waals surface area contributed by atoms with Crippen LogP contribution >= 0.6 is 11.3 Å². The Morgan fingerprint density at radius 3 is 2.71 bits per heavy atom. The number of amides is 1. The van der Waals surface area contributed by atoms with Crippen molar-refractivity contribution in [1.29, 1.82) is 0 Å². The molecule has 1 aromatic carbocycles. The SMILES string of the molecule is Cc1cc(C(=O)N(Cc2ccccc2)C[C@H](O)c2cccs2)on1. The third kappa shape index (κ3) is 3.90. The molecule has 124 valence electrons. The van der Waals surface area contributed by atoms with Crippen molar-refractivity contribution in [3.05, 3.63) is 75.8 Å². The highest BCUT2D eigenvalue weighted by Crippen LogP contribution is 2.22. The Hall–Kier alpha value is -2.44. The molecule has 0 bridgehead atoms. The van der Waals surface area contributed by atoms with Crippen LogP contribution in [0.4, 0.5) is 0 Å². The van der Waals surface area contributed by atoms with E-state index in [1.54, 1.807) is 17.9 Å². The van der Waals surface area contributed by atoms with Crippen LogP contribution in [0.5, 0.6) is 0 Å². The highest BCUT2D eigenvalue weighted by atomic mass is 32.1. The molecule has 0 unspecified atom stereocenters. The maximum atomic E-state index is 12.8. The number of aliphatic hydroxyl groups is 1. The van der Waals surface area contributed by atoms with Gasteiger partial charge in [-0.2, -0.15) is 0 Å². The summed E-state index contributed by atoms with van der Waals surface area (Å²) in [6.07, 6.45) is -0.735. The summed E-state index contributed by atoms with van der Waals surface area (Å²) in [5.74, 6) is -0.100. The molecule has 1 amide bonds. The van der Waals surface area contributed by atoms with Gasteiger partial charge < -0.3 is 14.5 Å². The second kappa shape index (κ2) is 7.42. The maximum Gasteiger partial charge on any atom is 0.292 e. The van der Waals surface area contributed by atoms with Gasteiger partial charge in [0.2, 0.25) is 5.76 Å². The number of aryl methyl sites for hydroxylation is 1. The summed E-state index contributed by atoms with van der Waals surface area (Å²) in [7, 11) is 0. The first kappa shape index (κ1) is 16.4. The molecule has 2 heterocycles. The Morgan fingerprint density at radius 2 is 2.08 bits per heavy atom. The molecule has 0 aliphatic heterocycles. The fraction of sp³-hybridized carbons (Fsp3) is 0.222. The largest absolute Gasteiger partial charge is 0.386 e.